The van der Waals surface area contributed by atoms with Crippen molar-refractivity contribution in [3.63, 3.8) is 0 Å². The summed E-state index contributed by atoms with van der Waals surface area (Å²) >= 11 is 0. The molecule has 1 aromatic carbocycles. The van der Waals surface area contributed by atoms with E-state index in [0.29, 0.717) is 22.5 Å². The third kappa shape index (κ3) is 3.91. The minimum absolute atomic E-state index is 0.217. The van der Waals surface area contributed by atoms with Crippen LogP contribution in [0.2, 0.25) is 0 Å². The van der Waals surface area contributed by atoms with E-state index in [1.165, 1.54) is 6.07 Å². The minimum Gasteiger partial charge on any atom is -0.369 e. The molecule has 0 spiro atoms. The molecule has 2 aliphatic rings. The largest absolute Gasteiger partial charge is 0.369 e. The second kappa shape index (κ2) is 8.01. The number of imidazole rings is 1. The van der Waals surface area contributed by atoms with Crippen molar-refractivity contribution in [3.8, 4) is 0 Å². The highest BCUT2D eigenvalue weighted by molar-refractivity contribution is 6.13. The third-order valence-corrected chi connectivity index (χ3v) is 7.05. The summed E-state index contributed by atoms with van der Waals surface area (Å²) in [4.78, 5) is 19.6. The maximum absolute atomic E-state index is 14.5. The Bertz CT molecular complexity index is 1460. The first kappa shape index (κ1) is 22.0. The number of halogens is 2. The molecule has 0 bridgehead atoms. The Morgan fingerprint density at radius 2 is 2.09 bits per heavy atom. The summed E-state index contributed by atoms with van der Waals surface area (Å²) in [5.74, 6) is -0.873. The summed E-state index contributed by atoms with van der Waals surface area (Å²) in [6.07, 6.45) is 7.99. The molecule has 10 heteroatoms. The highest BCUT2D eigenvalue weighted by atomic mass is 19.1. The van der Waals surface area contributed by atoms with Gasteiger partial charge in [0.25, 0.3) is 5.91 Å². The molecule has 35 heavy (non-hydrogen) atoms. The number of rotatable bonds is 6. The lowest BCUT2D eigenvalue weighted by molar-refractivity contribution is 0.102. The summed E-state index contributed by atoms with van der Waals surface area (Å²) in [5.41, 5.74) is 2.92. The Morgan fingerprint density at radius 3 is 2.86 bits per heavy atom. The van der Waals surface area contributed by atoms with Crippen molar-refractivity contribution < 1.29 is 13.6 Å². The number of pyridine rings is 1. The molecule has 1 saturated carbocycles. The van der Waals surface area contributed by atoms with Gasteiger partial charge in [0.2, 0.25) is 0 Å². The fourth-order valence-corrected chi connectivity index (χ4v) is 5.11. The number of nitrogens with zero attached hydrogens (tertiary/aromatic N) is 5. The molecule has 1 amide bonds. The second-order valence-corrected chi connectivity index (χ2v) is 9.83. The SMILES string of the molecule is Cc1cn2cc(NC(=O)c3ccc(N4CC[C@@H](NC5(CF)CC5)C4)c4cn(C)nc34)cc(F)c2n1. The van der Waals surface area contributed by atoms with E-state index in [0.717, 1.165) is 43.4 Å². The zero-order valence-corrected chi connectivity index (χ0v) is 19.7. The van der Waals surface area contributed by atoms with Gasteiger partial charge in [-0.1, -0.05) is 0 Å². The van der Waals surface area contributed by atoms with E-state index < -0.39 is 5.82 Å². The zero-order valence-electron chi connectivity index (χ0n) is 19.7. The minimum atomic E-state index is -0.507. The number of fused-ring (bicyclic) bond motifs is 2. The Kier molecular flexibility index (Phi) is 5.03. The van der Waals surface area contributed by atoms with E-state index in [-0.39, 0.29) is 29.8 Å². The molecular formula is C25H27F2N7O. The van der Waals surface area contributed by atoms with Gasteiger partial charge in [0.1, 0.15) is 12.2 Å². The predicted molar refractivity (Wildman–Crippen MR) is 130 cm³/mol. The van der Waals surface area contributed by atoms with Crippen molar-refractivity contribution in [1.82, 2.24) is 24.5 Å². The first-order valence-electron chi connectivity index (χ1n) is 11.9. The number of aromatic nitrogens is 4. The van der Waals surface area contributed by atoms with Crippen LogP contribution in [0.1, 0.15) is 35.3 Å². The van der Waals surface area contributed by atoms with Crippen molar-refractivity contribution in [2.75, 3.05) is 30.0 Å². The molecule has 8 nitrogen and oxygen atoms in total. The van der Waals surface area contributed by atoms with Crippen LogP contribution < -0.4 is 15.5 Å². The van der Waals surface area contributed by atoms with Crippen molar-refractivity contribution in [2.45, 2.75) is 37.8 Å². The molecule has 6 rings (SSSR count). The van der Waals surface area contributed by atoms with Crippen LogP contribution in [0.5, 0.6) is 0 Å². The molecule has 2 N–H and O–H groups in total. The van der Waals surface area contributed by atoms with E-state index in [9.17, 15) is 13.6 Å². The van der Waals surface area contributed by atoms with Crippen molar-refractivity contribution in [2.24, 2.45) is 7.05 Å². The van der Waals surface area contributed by atoms with E-state index in [1.807, 2.05) is 19.3 Å². The van der Waals surface area contributed by atoms with E-state index in [2.05, 4.69) is 25.6 Å². The van der Waals surface area contributed by atoms with Crippen LogP contribution in [0.25, 0.3) is 16.6 Å². The number of hydrogen-bond donors (Lipinski definition) is 2. The summed E-state index contributed by atoms with van der Waals surface area (Å²) in [7, 11) is 1.82. The fraction of sp³-hybridized carbons (Fsp3) is 0.400. The molecular weight excluding hydrogens is 452 g/mol. The number of benzene rings is 1. The maximum Gasteiger partial charge on any atom is 0.257 e. The van der Waals surface area contributed by atoms with Crippen molar-refractivity contribution in [1.29, 1.82) is 0 Å². The molecule has 3 aromatic heterocycles. The van der Waals surface area contributed by atoms with Crippen LogP contribution in [-0.2, 0) is 7.05 Å². The van der Waals surface area contributed by atoms with E-state index >= 15 is 0 Å². The second-order valence-electron chi connectivity index (χ2n) is 9.83. The van der Waals surface area contributed by atoms with Gasteiger partial charge in [-0.25, -0.2) is 13.8 Å². The highest BCUT2D eigenvalue weighted by Crippen LogP contribution is 2.38. The van der Waals surface area contributed by atoms with Gasteiger partial charge in [0.05, 0.1) is 16.9 Å². The monoisotopic (exact) mass is 479 g/mol. The number of amides is 1. The molecule has 1 aliphatic carbocycles. The fourth-order valence-electron chi connectivity index (χ4n) is 5.11. The van der Waals surface area contributed by atoms with Crippen molar-refractivity contribution in [3.05, 3.63) is 53.9 Å². The first-order valence-corrected chi connectivity index (χ1v) is 11.9. The Hall–Kier alpha value is -3.53. The Balaban J connectivity index is 1.27. The van der Waals surface area contributed by atoms with Crippen LogP contribution >= 0.6 is 0 Å². The molecule has 0 unspecified atom stereocenters. The number of alkyl halides is 1. The average molecular weight is 480 g/mol. The lowest BCUT2D eigenvalue weighted by Crippen LogP contribution is -2.43. The first-order chi connectivity index (χ1) is 16.8. The van der Waals surface area contributed by atoms with Crippen LogP contribution in [0.4, 0.5) is 20.2 Å². The smallest absolute Gasteiger partial charge is 0.257 e. The lowest BCUT2D eigenvalue weighted by atomic mass is 10.1. The Labute approximate surface area is 200 Å². The number of carbonyl (C=O) groups excluding carboxylic acids is 1. The topological polar surface area (TPSA) is 79.5 Å². The number of anilines is 2. The van der Waals surface area contributed by atoms with Crippen molar-refractivity contribution >= 4 is 33.8 Å². The summed E-state index contributed by atoms with van der Waals surface area (Å²) in [6.45, 7) is 3.09. The number of nitrogens with one attached hydrogen (secondary N) is 2. The van der Waals surface area contributed by atoms with Crippen LogP contribution in [0, 0.1) is 12.7 Å². The molecule has 4 heterocycles. The quantitative estimate of drug-likeness (QED) is 0.442. The molecule has 0 radical (unpaired) electrons. The summed E-state index contributed by atoms with van der Waals surface area (Å²) < 4.78 is 31.1. The average Bonchev–Trinajstić information content (AvgIpc) is 3.10. The van der Waals surface area contributed by atoms with Gasteiger partial charge in [-0.2, -0.15) is 5.10 Å². The molecule has 2 fully saturated rings. The van der Waals surface area contributed by atoms with Crippen LogP contribution in [-0.4, -0.2) is 56.4 Å². The van der Waals surface area contributed by atoms with E-state index in [1.54, 1.807) is 34.5 Å². The Morgan fingerprint density at radius 1 is 1.26 bits per heavy atom. The summed E-state index contributed by atoms with van der Waals surface area (Å²) in [6, 6.07) is 5.21. The van der Waals surface area contributed by atoms with Gasteiger partial charge < -0.3 is 19.9 Å². The van der Waals surface area contributed by atoms with Gasteiger partial charge >= 0.3 is 0 Å². The van der Waals surface area contributed by atoms with Gasteiger partial charge in [-0.05, 0) is 38.3 Å². The van der Waals surface area contributed by atoms with Crippen LogP contribution in [0.15, 0.2) is 36.8 Å². The van der Waals surface area contributed by atoms with Gasteiger partial charge in [-0.3, -0.25) is 9.48 Å². The third-order valence-electron chi connectivity index (χ3n) is 7.05. The highest BCUT2D eigenvalue weighted by Gasteiger charge is 2.45. The number of carbonyl (C=O) groups is 1. The maximum atomic E-state index is 14.5. The van der Waals surface area contributed by atoms with Gasteiger partial charge in [-0.15, -0.1) is 0 Å². The summed E-state index contributed by atoms with van der Waals surface area (Å²) in [5, 5.41) is 11.7. The number of hydrogen-bond acceptors (Lipinski definition) is 5. The molecule has 1 atom stereocenters. The van der Waals surface area contributed by atoms with E-state index in [4.69, 9.17) is 0 Å². The molecule has 4 aromatic rings. The number of aryl methyl sites for hydroxylation is 2. The van der Waals surface area contributed by atoms with Crippen LogP contribution in [0.3, 0.4) is 0 Å². The normalized spacial score (nSPS) is 19.1. The predicted octanol–water partition coefficient (Wildman–Crippen LogP) is 3.59. The molecule has 1 saturated heterocycles. The lowest BCUT2D eigenvalue weighted by Gasteiger charge is -2.22. The standard InChI is InChI=1S/C25H27F2N7O/c1-15-10-34-12-17(9-20(27)23(34)28-15)29-24(35)18-3-4-21(19-13-32(2)31-22(18)19)33-8-5-16(11-33)30-25(14-26)6-7-25/h3-4,9-10,12-13,16,30H,5-8,11,14H2,1-2H3,(H,29,35)/t16-/m1/s1. The zero-order chi connectivity index (χ0) is 24.3. The molecule has 1 aliphatic heterocycles. The van der Waals surface area contributed by atoms with Gasteiger partial charge in [0.15, 0.2) is 11.5 Å². The molecule has 182 valence electrons. The van der Waals surface area contributed by atoms with Gasteiger partial charge in [0, 0.05) is 67.4 Å².